The average Bonchev–Trinajstić information content (AvgIpc) is 2.18. The third-order valence-electron chi connectivity index (χ3n) is 1.96. The molecule has 0 atom stereocenters. The van der Waals surface area contributed by atoms with Crippen LogP contribution in [0.1, 0.15) is 5.56 Å². The molecule has 16 heavy (non-hydrogen) atoms. The van der Waals surface area contributed by atoms with Crippen LogP contribution in [0.5, 0.6) is 5.75 Å². The van der Waals surface area contributed by atoms with Crippen molar-refractivity contribution in [2.24, 2.45) is 5.16 Å². The second-order valence-corrected chi connectivity index (χ2v) is 6.44. The number of oxime groups is 1. The Morgan fingerprint density at radius 3 is 2.69 bits per heavy atom. The summed E-state index contributed by atoms with van der Waals surface area (Å²) in [5.74, 6) is -0.304. The molecule has 0 aliphatic carbocycles. The number of rotatable bonds is 0. The smallest absolute Gasteiger partial charge is 0.315 e. The molecule has 1 aromatic carbocycles. The maximum Gasteiger partial charge on any atom is 0.315 e. The fourth-order valence-corrected chi connectivity index (χ4v) is 3.80. The lowest BCUT2D eigenvalue weighted by Crippen LogP contribution is -2.28. The molecule has 0 saturated carbocycles. The van der Waals surface area contributed by atoms with Crippen LogP contribution in [0.2, 0.25) is 0 Å². The normalized spacial score (nSPS) is 20.2. The molecule has 0 fully saturated rings. The van der Waals surface area contributed by atoms with Gasteiger partial charge in [0, 0.05) is 10.0 Å². The van der Waals surface area contributed by atoms with Crippen LogP contribution in [0.25, 0.3) is 0 Å². The van der Waals surface area contributed by atoms with E-state index in [1.807, 2.05) is 0 Å². The Morgan fingerprint density at radius 1 is 1.38 bits per heavy atom. The largest absolute Gasteiger partial charge is 0.411 e. The molecule has 0 spiro atoms. The standard InChI is InChI=1S/C8H5Br2NO4S/c9-4-1-5-7(11-12)3-16(13,14)15-8(5)6(10)2-4/h1-2,12H,3H2/b11-7+. The molecule has 8 heteroatoms. The highest BCUT2D eigenvalue weighted by Gasteiger charge is 2.30. The van der Waals surface area contributed by atoms with Crippen molar-refractivity contribution in [2.45, 2.75) is 0 Å². The molecule has 0 bridgehead atoms. The molecule has 86 valence electrons. The summed E-state index contributed by atoms with van der Waals surface area (Å²) >= 11 is 6.44. The van der Waals surface area contributed by atoms with E-state index in [0.29, 0.717) is 10.0 Å². The van der Waals surface area contributed by atoms with Crippen molar-refractivity contribution in [1.29, 1.82) is 0 Å². The van der Waals surface area contributed by atoms with Gasteiger partial charge < -0.3 is 9.39 Å². The van der Waals surface area contributed by atoms with Crippen LogP contribution in [-0.4, -0.2) is 25.1 Å². The molecule has 0 aromatic heterocycles. The highest BCUT2D eigenvalue weighted by Crippen LogP contribution is 2.36. The van der Waals surface area contributed by atoms with E-state index in [2.05, 4.69) is 37.0 Å². The summed E-state index contributed by atoms with van der Waals surface area (Å²) in [7, 11) is -3.73. The number of benzene rings is 1. The van der Waals surface area contributed by atoms with E-state index < -0.39 is 15.9 Å². The first-order chi connectivity index (χ1) is 7.43. The van der Waals surface area contributed by atoms with Gasteiger partial charge in [0.25, 0.3) is 0 Å². The maximum absolute atomic E-state index is 11.4. The Morgan fingerprint density at radius 2 is 2.06 bits per heavy atom. The fourth-order valence-electron chi connectivity index (χ4n) is 1.34. The minimum Gasteiger partial charge on any atom is -0.411 e. The molecule has 1 aliphatic heterocycles. The Balaban J connectivity index is 2.73. The summed E-state index contributed by atoms with van der Waals surface area (Å²) in [6.07, 6.45) is 0. The lowest BCUT2D eigenvalue weighted by Gasteiger charge is -2.19. The van der Waals surface area contributed by atoms with Crippen LogP contribution in [0.4, 0.5) is 0 Å². The highest BCUT2D eigenvalue weighted by molar-refractivity contribution is 9.11. The van der Waals surface area contributed by atoms with Crippen molar-refractivity contribution in [3.63, 3.8) is 0 Å². The summed E-state index contributed by atoms with van der Waals surface area (Å²) in [5, 5.41) is 11.8. The Bertz CT molecular complexity index is 582. The van der Waals surface area contributed by atoms with Crippen LogP contribution in [0, 0.1) is 0 Å². The van der Waals surface area contributed by atoms with Crippen molar-refractivity contribution < 1.29 is 17.8 Å². The monoisotopic (exact) mass is 369 g/mol. The fraction of sp³-hybridized carbons (Fsp3) is 0.125. The van der Waals surface area contributed by atoms with Crippen LogP contribution in [0.15, 0.2) is 26.2 Å². The highest BCUT2D eigenvalue weighted by atomic mass is 79.9. The Labute approximate surface area is 108 Å². The van der Waals surface area contributed by atoms with E-state index >= 15 is 0 Å². The van der Waals surface area contributed by atoms with Crippen LogP contribution in [-0.2, 0) is 10.1 Å². The molecule has 1 N–H and O–H groups in total. The molecule has 0 amide bonds. The lowest BCUT2D eigenvalue weighted by atomic mass is 10.1. The van der Waals surface area contributed by atoms with E-state index in [1.165, 1.54) is 0 Å². The molecular formula is C8H5Br2NO4S. The molecule has 0 unspecified atom stereocenters. The molecule has 1 heterocycles. The van der Waals surface area contributed by atoms with E-state index in [9.17, 15) is 8.42 Å². The molecular weight excluding hydrogens is 366 g/mol. The Hall–Kier alpha value is -0.600. The summed E-state index contributed by atoms with van der Waals surface area (Å²) in [4.78, 5) is 0. The molecule has 1 aliphatic rings. The van der Waals surface area contributed by atoms with Gasteiger partial charge in [0.05, 0.1) is 4.47 Å². The number of hydrogen-bond donors (Lipinski definition) is 1. The number of fused-ring (bicyclic) bond motifs is 1. The molecule has 1 aromatic rings. The predicted octanol–water partition coefficient (Wildman–Crippen LogP) is 2.11. The van der Waals surface area contributed by atoms with Crippen molar-refractivity contribution in [2.75, 3.05) is 5.75 Å². The minimum atomic E-state index is -3.73. The van der Waals surface area contributed by atoms with Gasteiger partial charge in [-0.05, 0) is 28.1 Å². The number of halogens is 2. The van der Waals surface area contributed by atoms with Crippen molar-refractivity contribution in [3.05, 3.63) is 26.6 Å². The van der Waals surface area contributed by atoms with Gasteiger partial charge in [-0.2, -0.15) is 8.42 Å². The van der Waals surface area contributed by atoms with Crippen molar-refractivity contribution in [3.8, 4) is 5.75 Å². The van der Waals surface area contributed by atoms with Gasteiger partial charge in [-0.15, -0.1) is 0 Å². The molecule has 0 saturated heterocycles. The van der Waals surface area contributed by atoms with Gasteiger partial charge in [-0.25, -0.2) is 0 Å². The summed E-state index contributed by atoms with van der Waals surface area (Å²) in [6, 6.07) is 3.28. The quantitative estimate of drug-likeness (QED) is 0.431. The van der Waals surface area contributed by atoms with Gasteiger partial charge in [0.15, 0.2) is 5.75 Å². The third kappa shape index (κ3) is 2.09. The van der Waals surface area contributed by atoms with Crippen LogP contribution >= 0.6 is 31.9 Å². The summed E-state index contributed by atoms with van der Waals surface area (Å²) in [5.41, 5.74) is 0.502. The zero-order valence-electron chi connectivity index (χ0n) is 7.65. The first-order valence-electron chi connectivity index (χ1n) is 4.05. The first-order valence-corrected chi connectivity index (χ1v) is 7.22. The zero-order valence-corrected chi connectivity index (χ0v) is 11.6. The second-order valence-electron chi connectivity index (χ2n) is 3.10. The number of hydrogen-bond acceptors (Lipinski definition) is 5. The summed E-state index contributed by atoms with van der Waals surface area (Å²) in [6.45, 7) is 0. The first kappa shape index (κ1) is 11.9. The van der Waals surface area contributed by atoms with Gasteiger partial charge in [-0.1, -0.05) is 21.1 Å². The van der Waals surface area contributed by atoms with Gasteiger partial charge in [-0.3, -0.25) is 0 Å². The van der Waals surface area contributed by atoms with E-state index in [-0.39, 0.29) is 11.5 Å². The topological polar surface area (TPSA) is 76.0 Å². The van der Waals surface area contributed by atoms with Gasteiger partial charge in [0.1, 0.15) is 11.5 Å². The number of nitrogens with zero attached hydrogens (tertiary/aromatic N) is 1. The molecule has 0 radical (unpaired) electrons. The predicted molar refractivity (Wildman–Crippen MR) is 64.6 cm³/mol. The maximum atomic E-state index is 11.4. The van der Waals surface area contributed by atoms with Gasteiger partial charge >= 0.3 is 10.1 Å². The SMILES string of the molecule is O=S1(=O)C/C(=N\O)c2cc(Br)cc(Br)c2O1. The van der Waals surface area contributed by atoms with Crippen molar-refractivity contribution >= 4 is 47.7 Å². The summed E-state index contributed by atoms with van der Waals surface area (Å²) < 4.78 is 28.8. The van der Waals surface area contributed by atoms with Crippen molar-refractivity contribution in [1.82, 2.24) is 0 Å². The third-order valence-corrected chi connectivity index (χ3v) is 4.06. The Kier molecular flexibility index (Phi) is 2.97. The minimum absolute atomic E-state index is 0.0586. The average molecular weight is 371 g/mol. The second kappa shape index (κ2) is 4.01. The molecule has 2 rings (SSSR count). The van der Waals surface area contributed by atoms with E-state index in [4.69, 9.17) is 9.39 Å². The van der Waals surface area contributed by atoms with E-state index in [0.717, 1.165) is 4.47 Å². The zero-order chi connectivity index (χ0) is 11.9. The lowest BCUT2D eigenvalue weighted by molar-refractivity contribution is 0.318. The van der Waals surface area contributed by atoms with Gasteiger partial charge in [0.2, 0.25) is 0 Å². The van der Waals surface area contributed by atoms with Crippen LogP contribution < -0.4 is 4.18 Å². The van der Waals surface area contributed by atoms with Crippen LogP contribution in [0.3, 0.4) is 0 Å². The molecule has 5 nitrogen and oxygen atoms in total. The van der Waals surface area contributed by atoms with E-state index in [1.54, 1.807) is 12.1 Å².